The molecule has 0 spiro atoms. The Morgan fingerprint density at radius 1 is 0.917 bits per heavy atom. The molecule has 0 saturated heterocycles. The van der Waals surface area contributed by atoms with Crippen molar-refractivity contribution in [3.05, 3.63) is 57.5 Å². The van der Waals surface area contributed by atoms with Crippen LogP contribution in [0.5, 0.6) is 5.75 Å². The maximum atomic E-state index is 11.8. The number of hydrogen-bond donors (Lipinski definition) is 2. The number of benzene rings is 2. The summed E-state index contributed by atoms with van der Waals surface area (Å²) in [5.74, 6) is -0.340. The molecule has 0 aromatic heterocycles. The maximum Gasteiger partial charge on any atom is 0.258 e. The number of rotatable bonds is 6. The second kappa shape index (κ2) is 8.78. The van der Waals surface area contributed by atoms with Gasteiger partial charge in [0.2, 0.25) is 5.91 Å². The molecule has 2 amide bonds. The van der Waals surface area contributed by atoms with Gasteiger partial charge in [-0.25, -0.2) is 0 Å². The fraction of sp³-hybridized carbons (Fsp3) is 0.125. The topological polar surface area (TPSA) is 67.4 Å². The van der Waals surface area contributed by atoms with Crippen molar-refractivity contribution >= 4 is 52.3 Å². The van der Waals surface area contributed by atoms with Gasteiger partial charge in [0.15, 0.2) is 6.61 Å². The standard InChI is InChI=1S/C16H13Cl3N2O3/c17-10-1-4-12(5-2-10)24-9-16(23)20-8-15(22)21-14-6-3-11(18)7-13(14)19/h1-7H,8-9H2,(H,20,23)(H,21,22). The third kappa shape index (κ3) is 5.92. The molecule has 126 valence electrons. The largest absolute Gasteiger partial charge is 0.484 e. The average molecular weight is 388 g/mol. The van der Waals surface area contributed by atoms with E-state index in [1.54, 1.807) is 36.4 Å². The van der Waals surface area contributed by atoms with Crippen LogP contribution in [0.1, 0.15) is 0 Å². The molecule has 24 heavy (non-hydrogen) atoms. The smallest absolute Gasteiger partial charge is 0.258 e. The summed E-state index contributed by atoms with van der Waals surface area (Å²) < 4.78 is 5.27. The lowest BCUT2D eigenvalue weighted by Gasteiger charge is -2.09. The minimum Gasteiger partial charge on any atom is -0.484 e. The molecular formula is C16H13Cl3N2O3. The molecule has 0 radical (unpaired) electrons. The van der Waals surface area contributed by atoms with E-state index in [1.165, 1.54) is 6.07 Å². The number of nitrogens with one attached hydrogen (secondary N) is 2. The van der Waals surface area contributed by atoms with Crippen LogP contribution in [0.3, 0.4) is 0 Å². The molecule has 2 aromatic rings. The summed E-state index contributed by atoms with van der Waals surface area (Å²) in [4.78, 5) is 23.5. The average Bonchev–Trinajstić information content (AvgIpc) is 2.55. The summed E-state index contributed by atoms with van der Waals surface area (Å²) in [6, 6.07) is 11.3. The summed E-state index contributed by atoms with van der Waals surface area (Å²) >= 11 is 17.5. The predicted molar refractivity (Wildman–Crippen MR) is 95.0 cm³/mol. The van der Waals surface area contributed by atoms with Crippen LogP contribution in [-0.4, -0.2) is 25.0 Å². The molecule has 0 bridgehead atoms. The van der Waals surface area contributed by atoms with Crippen molar-refractivity contribution in [3.8, 4) is 5.75 Å². The molecule has 0 aliphatic carbocycles. The van der Waals surface area contributed by atoms with Crippen molar-refractivity contribution in [1.29, 1.82) is 0 Å². The molecule has 0 aliphatic heterocycles. The molecular weight excluding hydrogens is 375 g/mol. The van der Waals surface area contributed by atoms with Crippen molar-refractivity contribution in [2.45, 2.75) is 0 Å². The first kappa shape index (κ1) is 18.4. The third-order valence-electron chi connectivity index (χ3n) is 2.83. The molecule has 0 fully saturated rings. The van der Waals surface area contributed by atoms with Crippen molar-refractivity contribution in [2.24, 2.45) is 0 Å². The predicted octanol–water partition coefficient (Wildman–Crippen LogP) is 3.78. The van der Waals surface area contributed by atoms with Crippen LogP contribution in [0.2, 0.25) is 15.1 Å². The van der Waals surface area contributed by atoms with Gasteiger partial charge in [-0.1, -0.05) is 34.8 Å². The van der Waals surface area contributed by atoms with Crippen LogP contribution < -0.4 is 15.4 Å². The maximum absolute atomic E-state index is 11.8. The molecule has 2 N–H and O–H groups in total. The van der Waals surface area contributed by atoms with E-state index in [0.29, 0.717) is 26.5 Å². The Hall–Kier alpha value is -1.95. The van der Waals surface area contributed by atoms with E-state index in [4.69, 9.17) is 39.5 Å². The van der Waals surface area contributed by atoms with Gasteiger partial charge in [-0.15, -0.1) is 0 Å². The number of amides is 2. The molecule has 8 heteroatoms. The van der Waals surface area contributed by atoms with Crippen LogP contribution in [0.25, 0.3) is 0 Å². The number of ether oxygens (including phenoxy) is 1. The van der Waals surface area contributed by atoms with E-state index < -0.39 is 11.8 Å². The summed E-state index contributed by atoms with van der Waals surface area (Å²) in [5.41, 5.74) is 0.415. The van der Waals surface area contributed by atoms with Gasteiger partial charge in [0.05, 0.1) is 17.3 Å². The Balaban J connectivity index is 1.74. The van der Waals surface area contributed by atoms with Crippen molar-refractivity contribution in [2.75, 3.05) is 18.5 Å². The second-order valence-electron chi connectivity index (χ2n) is 4.69. The highest BCUT2D eigenvalue weighted by Crippen LogP contribution is 2.25. The number of halogens is 3. The van der Waals surface area contributed by atoms with Gasteiger partial charge < -0.3 is 15.4 Å². The fourth-order valence-electron chi connectivity index (χ4n) is 1.69. The molecule has 0 heterocycles. The van der Waals surface area contributed by atoms with Crippen LogP contribution >= 0.6 is 34.8 Å². The molecule has 0 aliphatic rings. The van der Waals surface area contributed by atoms with Gasteiger partial charge in [-0.05, 0) is 42.5 Å². The van der Waals surface area contributed by atoms with Gasteiger partial charge in [0, 0.05) is 10.0 Å². The molecule has 5 nitrogen and oxygen atoms in total. The van der Waals surface area contributed by atoms with Crippen LogP contribution in [-0.2, 0) is 9.59 Å². The third-order valence-corrected chi connectivity index (χ3v) is 3.63. The first-order valence-electron chi connectivity index (χ1n) is 6.84. The Morgan fingerprint density at radius 3 is 2.25 bits per heavy atom. The van der Waals surface area contributed by atoms with Crippen LogP contribution in [0, 0.1) is 0 Å². The van der Waals surface area contributed by atoms with E-state index in [2.05, 4.69) is 10.6 Å². The van der Waals surface area contributed by atoms with E-state index in [1.807, 2.05) is 0 Å². The second-order valence-corrected chi connectivity index (χ2v) is 5.97. The van der Waals surface area contributed by atoms with E-state index in [0.717, 1.165) is 0 Å². The first-order chi connectivity index (χ1) is 11.4. The highest BCUT2D eigenvalue weighted by Gasteiger charge is 2.09. The Bertz CT molecular complexity index is 736. The number of anilines is 1. The number of hydrogen-bond acceptors (Lipinski definition) is 3. The minimum atomic E-state index is -0.428. The fourth-order valence-corrected chi connectivity index (χ4v) is 2.28. The lowest BCUT2D eigenvalue weighted by molar-refractivity contribution is -0.125. The molecule has 0 atom stereocenters. The van der Waals surface area contributed by atoms with Gasteiger partial charge in [0.1, 0.15) is 5.75 Å². The van der Waals surface area contributed by atoms with E-state index in [9.17, 15) is 9.59 Å². The highest BCUT2D eigenvalue weighted by atomic mass is 35.5. The first-order valence-corrected chi connectivity index (χ1v) is 7.97. The lowest BCUT2D eigenvalue weighted by Crippen LogP contribution is -2.35. The van der Waals surface area contributed by atoms with E-state index >= 15 is 0 Å². The van der Waals surface area contributed by atoms with Crippen LogP contribution in [0.15, 0.2) is 42.5 Å². The minimum absolute atomic E-state index is 0.207. The SMILES string of the molecule is O=C(COc1ccc(Cl)cc1)NCC(=O)Nc1ccc(Cl)cc1Cl. The summed E-state index contributed by atoms with van der Waals surface area (Å²) in [7, 11) is 0. The van der Waals surface area contributed by atoms with Crippen LogP contribution in [0.4, 0.5) is 5.69 Å². The molecule has 2 rings (SSSR count). The number of carbonyl (C=O) groups is 2. The molecule has 2 aromatic carbocycles. The van der Waals surface area contributed by atoms with Gasteiger partial charge in [-0.3, -0.25) is 9.59 Å². The quantitative estimate of drug-likeness (QED) is 0.792. The van der Waals surface area contributed by atoms with Crippen molar-refractivity contribution in [1.82, 2.24) is 5.32 Å². The lowest BCUT2D eigenvalue weighted by atomic mass is 10.3. The summed E-state index contributed by atoms with van der Waals surface area (Å²) in [5, 5.41) is 6.37. The van der Waals surface area contributed by atoms with Gasteiger partial charge in [-0.2, -0.15) is 0 Å². The Morgan fingerprint density at radius 2 is 1.58 bits per heavy atom. The normalized spacial score (nSPS) is 10.1. The monoisotopic (exact) mass is 386 g/mol. The summed E-state index contributed by atoms with van der Waals surface area (Å²) in [6.45, 7) is -0.418. The highest BCUT2D eigenvalue weighted by molar-refractivity contribution is 6.36. The Kier molecular flexibility index (Phi) is 6.73. The zero-order chi connectivity index (χ0) is 17.5. The van der Waals surface area contributed by atoms with Crippen molar-refractivity contribution in [3.63, 3.8) is 0 Å². The zero-order valence-electron chi connectivity index (χ0n) is 12.3. The molecule has 0 unspecified atom stereocenters. The van der Waals surface area contributed by atoms with E-state index in [-0.39, 0.29) is 13.2 Å². The molecule has 0 saturated carbocycles. The van der Waals surface area contributed by atoms with Crippen molar-refractivity contribution < 1.29 is 14.3 Å². The Labute approximate surface area is 153 Å². The summed E-state index contributed by atoms with van der Waals surface area (Å²) in [6.07, 6.45) is 0. The number of carbonyl (C=O) groups excluding carboxylic acids is 2. The van der Waals surface area contributed by atoms with Gasteiger partial charge >= 0.3 is 0 Å². The van der Waals surface area contributed by atoms with Gasteiger partial charge in [0.25, 0.3) is 5.91 Å². The zero-order valence-corrected chi connectivity index (χ0v) is 14.6.